The summed E-state index contributed by atoms with van der Waals surface area (Å²) in [5.74, 6) is 0.411. The highest BCUT2D eigenvalue weighted by Crippen LogP contribution is 2.39. The smallest absolute Gasteiger partial charge is 0.388 e. The number of alkyl halides is 3. The molecule has 5 rings (SSSR count). The van der Waals surface area contributed by atoms with E-state index in [-0.39, 0.29) is 18.8 Å². The van der Waals surface area contributed by atoms with E-state index in [4.69, 9.17) is 6.57 Å². The summed E-state index contributed by atoms with van der Waals surface area (Å²) in [6, 6.07) is 6.77. The Balaban J connectivity index is 1.29. The summed E-state index contributed by atoms with van der Waals surface area (Å²) >= 11 is 0. The quantitative estimate of drug-likeness (QED) is 0.432. The van der Waals surface area contributed by atoms with Crippen LogP contribution in [0.15, 0.2) is 36.7 Å². The third-order valence-electron chi connectivity index (χ3n) is 6.33. The lowest BCUT2D eigenvalue weighted by atomic mass is 10.0. The predicted octanol–water partition coefficient (Wildman–Crippen LogP) is 3.40. The average Bonchev–Trinajstić information content (AvgIpc) is 3.64. The fraction of sp³-hybridized carbons (Fsp3) is 0.333. The number of anilines is 3. The SMILES string of the molecule is [C-]#[N+]c1ccc(N2CCc3c(ncnc3Nc3ccc(C(=O)NCC4(O)CC4)nn3)C2)cc1C(F)(F)F. The van der Waals surface area contributed by atoms with Gasteiger partial charge >= 0.3 is 6.18 Å². The molecule has 3 aromatic rings. The van der Waals surface area contributed by atoms with E-state index in [2.05, 4.69) is 35.6 Å². The maximum Gasteiger partial charge on any atom is 0.407 e. The maximum absolute atomic E-state index is 13.4. The van der Waals surface area contributed by atoms with Crippen LogP contribution in [0.25, 0.3) is 4.85 Å². The van der Waals surface area contributed by atoms with Crippen molar-refractivity contribution in [2.75, 3.05) is 23.3 Å². The Bertz CT molecular complexity index is 1380. The van der Waals surface area contributed by atoms with Gasteiger partial charge in [0.25, 0.3) is 5.91 Å². The van der Waals surface area contributed by atoms with Crippen molar-refractivity contribution in [3.63, 3.8) is 0 Å². The molecule has 1 saturated carbocycles. The van der Waals surface area contributed by atoms with Crippen LogP contribution >= 0.6 is 0 Å². The van der Waals surface area contributed by atoms with Gasteiger partial charge in [-0.1, -0.05) is 6.07 Å². The minimum Gasteiger partial charge on any atom is -0.388 e. The molecular weight excluding hydrogens is 489 g/mol. The Labute approximate surface area is 209 Å². The monoisotopic (exact) mass is 510 g/mol. The van der Waals surface area contributed by atoms with E-state index in [9.17, 15) is 23.1 Å². The zero-order valence-electron chi connectivity index (χ0n) is 19.4. The van der Waals surface area contributed by atoms with Crippen LogP contribution in [0.5, 0.6) is 0 Å². The molecule has 0 unspecified atom stereocenters. The van der Waals surface area contributed by atoms with Gasteiger partial charge < -0.3 is 20.6 Å². The van der Waals surface area contributed by atoms with Gasteiger partial charge in [-0.15, -0.1) is 10.2 Å². The average molecular weight is 510 g/mol. The zero-order valence-corrected chi connectivity index (χ0v) is 19.4. The lowest BCUT2D eigenvalue weighted by Crippen LogP contribution is -2.33. The molecule has 190 valence electrons. The summed E-state index contributed by atoms with van der Waals surface area (Å²) in [5, 5.41) is 23.5. The Morgan fingerprint density at radius 3 is 2.68 bits per heavy atom. The number of hydrogen-bond donors (Lipinski definition) is 3. The van der Waals surface area contributed by atoms with Crippen molar-refractivity contribution in [1.82, 2.24) is 25.5 Å². The Morgan fingerprint density at radius 2 is 2.00 bits per heavy atom. The van der Waals surface area contributed by atoms with Crippen LogP contribution < -0.4 is 15.5 Å². The molecular formula is C24H21F3N8O2. The second kappa shape index (κ2) is 9.29. The summed E-state index contributed by atoms with van der Waals surface area (Å²) in [4.78, 5) is 25.5. The fourth-order valence-electron chi connectivity index (χ4n) is 4.03. The van der Waals surface area contributed by atoms with Gasteiger partial charge in [-0.2, -0.15) is 13.2 Å². The number of fused-ring (bicyclic) bond motifs is 1. The molecule has 0 spiro atoms. The van der Waals surface area contributed by atoms with Crippen molar-refractivity contribution in [2.45, 2.75) is 37.6 Å². The topological polar surface area (TPSA) is 121 Å². The first-order valence-corrected chi connectivity index (χ1v) is 11.4. The van der Waals surface area contributed by atoms with Crippen molar-refractivity contribution < 1.29 is 23.1 Å². The van der Waals surface area contributed by atoms with Gasteiger partial charge in [0.2, 0.25) is 0 Å². The molecule has 3 heterocycles. The van der Waals surface area contributed by atoms with Crippen LogP contribution in [-0.4, -0.2) is 49.9 Å². The van der Waals surface area contributed by atoms with Crippen molar-refractivity contribution in [1.29, 1.82) is 0 Å². The highest BCUT2D eigenvalue weighted by Gasteiger charge is 2.40. The molecule has 1 fully saturated rings. The van der Waals surface area contributed by atoms with Gasteiger partial charge in [0.15, 0.2) is 17.2 Å². The number of nitrogens with one attached hydrogen (secondary N) is 2. The molecule has 10 nitrogen and oxygen atoms in total. The highest BCUT2D eigenvalue weighted by atomic mass is 19.4. The van der Waals surface area contributed by atoms with Crippen LogP contribution in [-0.2, 0) is 19.1 Å². The number of hydrogen-bond acceptors (Lipinski definition) is 8. The van der Waals surface area contributed by atoms with E-state index in [1.54, 1.807) is 11.0 Å². The van der Waals surface area contributed by atoms with Gasteiger partial charge in [0.1, 0.15) is 12.1 Å². The summed E-state index contributed by atoms with van der Waals surface area (Å²) in [7, 11) is 0. The van der Waals surface area contributed by atoms with Crippen LogP contribution in [0.1, 0.15) is 40.2 Å². The van der Waals surface area contributed by atoms with E-state index in [1.807, 2.05) is 0 Å². The number of carbonyl (C=O) groups excluding carboxylic acids is 1. The lowest BCUT2D eigenvalue weighted by molar-refractivity contribution is -0.136. The van der Waals surface area contributed by atoms with Gasteiger partial charge in [-0.05, 0) is 43.5 Å². The number of nitrogens with zero attached hydrogens (tertiary/aromatic N) is 6. The molecule has 1 aliphatic carbocycles. The molecule has 0 atom stereocenters. The molecule has 0 bridgehead atoms. The maximum atomic E-state index is 13.4. The number of amides is 1. The minimum atomic E-state index is -4.63. The normalized spacial score (nSPS) is 15.9. The molecule has 13 heteroatoms. The number of benzene rings is 1. The fourth-order valence-corrected chi connectivity index (χ4v) is 4.03. The Morgan fingerprint density at radius 1 is 1.19 bits per heavy atom. The molecule has 0 radical (unpaired) electrons. The third kappa shape index (κ3) is 5.29. The van der Waals surface area contributed by atoms with Crippen LogP contribution in [0.2, 0.25) is 0 Å². The first kappa shape index (κ1) is 24.4. The van der Waals surface area contributed by atoms with E-state index < -0.39 is 28.9 Å². The predicted molar refractivity (Wildman–Crippen MR) is 126 cm³/mol. The van der Waals surface area contributed by atoms with Gasteiger partial charge in [0, 0.05) is 24.3 Å². The summed E-state index contributed by atoms with van der Waals surface area (Å²) in [6.07, 6.45) is -1.50. The standard InChI is InChI=1S/C24H21F3N8O2/c1-28-17-3-2-14(10-16(17)24(25,26)27)35-9-6-15-19(11-35)30-13-31-21(15)32-20-5-4-18(33-34-20)22(36)29-12-23(37)7-8-23/h2-5,10,13,37H,6-9,11-12H2,(H,29,36)(H,30,31,32,34). The first-order chi connectivity index (χ1) is 17.6. The van der Waals surface area contributed by atoms with E-state index in [0.29, 0.717) is 48.8 Å². The second-order valence-corrected chi connectivity index (χ2v) is 8.97. The molecule has 2 aromatic heterocycles. The highest BCUT2D eigenvalue weighted by molar-refractivity contribution is 5.92. The van der Waals surface area contributed by atoms with Crippen LogP contribution in [0.3, 0.4) is 0 Å². The Kier molecular flexibility index (Phi) is 6.12. The number of aromatic nitrogens is 4. The van der Waals surface area contributed by atoms with E-state index >= 15 is 0 Å². The number of halogens is 3. The summed E-state index contributed by atoms with van der Waals surface area (Å²) < 4.78 is 40.2. The number of carbonyl (C=O) groups is 1. The van der Waals surface area contributed by atoms with E-state index in [0.717, 1.165) is 11.6 Å². The van der Waals surface area contributed by atoms with Crippen LogP contribution in [0.4, 0.5) is 36.2 Å². The van der Waals surface area contributed by atoms with Gasteiger partial charge in [0.05, 0.1) is 30.0 Å². The number of aliphatic hydroxyl groups is 1. The molecule has 1 aromatic carbocycles. The minimum absolute atomic E-state index is 0.109. The Hall–Kier alpha value is -4.31. The van der Waals surface area contributed by atoms with Crippen LogP contribution in [0, 0.1) is 6.57 Å². The zero-order chi connectivity index (χ0) is 26.2. The molecule has 3 N–H and O–H groups in total. The number of rotatable bonds is 6. The lowest BCUT2D eigenvalue weighted by Gasteiger charge is -2.31. The van der Waals surface area contributed by atoms with Crippen molar-refractivity contribution >= 4 is 28.9 Å². The largest absolute Gasteiger partial charge is 0.407 e. The van der Waals surface area contributed by atoms with Crippen molar-refractivity contribution in [3.8, 4) is 0 Å². The van der Waals surface area contributed by atoms with Gasteiger partial charge in [-0.25, -0.2) is 14.8 Å². The summed E-state index contributed by atoms with van der Waals surface area (Å²) in [5.41, 5.74) is -0.303. The first-order valence-electron chi connectivity index (χ1n) is 11.4. The molecule has 0 saturated heterocycles. The summed E-state index contributed by atoms with van der Waals surface area (Å²) in [6.45, 7) is 7.86. The third-order valence-corrected chi connectivity index (χ3v) is 6.33. The van der Waals surface area contributed by atoms with E-state index in [1.165, 1.54) is 24.5 Å². The molecule has 1 aliphatic heterocycles. The van der Waals surface area contributed by atoms with Crippen molar-refractivity contribution in [2.24, 2.45) is 0 Å². The molecule has 2 aliphatic rings. The van der Waals surface area contributed by atoms with Crippen molar-refractivity contribution in [3.05, 3.63) is 70.6 Å². The molecule has 1 amide bonds. The molecule has 37 heavy (non-hydrogen) atoms. The van der Waals surface area contributed by atoms with Gasteiger partial charge in [-0.3, -0.25) is 4.79 Å². The second-order valence-electron chi connectivity index (χ2n) is 8.97.